The van der Waals surface area contributed by atoms with Crippen LogP contribution in [0.15, 0.2) is 28.7 Å². The van der Waals surface area contributed by atoms with Crippen LogP contribution in [-0.4, -0.2) is 52.5 Å². The molecule has 0 aliphatic carbocycles. The highest BCUT2D eigenvalue weighted by molar-refractivity contribution is 5.85. The molecule has 0 saturated carbocycles. The molecule has 2 unspecified atom stereocenters. The van der Waals surface area contributed by atoms with Gasteiger partial charge >= 0.3 is 5.97 Å². The van der Waals surface area contributed by atoms with Crippen molar-refractivity contribution >= 4 is 29.0 Å². The number of piperidine rings is 2. The van der Waals surface area contributed by atoms with Crippen molar-refractivity contribution in [1.29, 1.82) is 0 Å². The van der Waals surface area contributed by atoms with E-state index in [4.69, 9.17) is 4.42 Å². The Balaban J connectivity index is 1.41. The number of rotatable bonds is 3. The van der Waals surface area contributed by atoms with Crippen LogP contribution in [0.1, 0.15) is 32.6 Å². The number of carboxylic acids is 1. The molecule has 2 fully saturated rings. The lowest BCUT2D eigenvalue weighted by Crippen LogP contribution is -2.53. The van der Waals surface area contributed by atoms with Gasteiger partial charge in [-0.3, -0.25) is 4.79 Å². The summed E-state index contributed by atoms with van der Waals surface area (Å²) >= 11 is 0. The molecule has 4 rings (SSSR count). The van der Waals surface area contributed by atoms with E-state index in [9.17, 15) is 14.7 Å². The molecule has 2 saturated heterocycles. The summed E-state index contributed by atoms with van der Waals surface area (Å²) < 4.78 is 5.82. The normalized spacial score (nSPS) is 24.3. The highest BCUT2D eigenvalue weighted by Gasteiger charge is 2.38. The molecule has 27 heavy (non-hydrogen) atoms. The number of aromatic nitrogens is 1. The lowest BCUT2D eigenvalue weighted by atomic mass is 9.89. The Kier molecular flexibility index (Phi) is 4.76. The third kappa shape index (κ3) is 3.50. The molecular weight excluding hydrogens is 346 g/mol. The van der Waals surface area contributed by atoms with E-state index in [-0.39, 0.29) is 11.8 Å². The van der Waals surface area contributed by atoms with Gasteiger partial charge in [-0.05, 0) is 43.7 Å². The molecule has 2 aliphatic rings. The van der Waals surface area contributed by atoms with Crippen LogP contribution in [0.2, 0.25) is 0 Å². The van der Waals surface area contributed by atoms with Gasteiger partial charge in [0, 0.05) is 25.6 Å². The fraction of sp³-hybridized carbons (Fsp3) is 0.550. The fourth-order valence-electron chi connectivity index (χ4n) is 4.19. The van der Waals surface area contributed by atoms with Crippen LogP contribution < -0.4 is 4.90 Å². The highest BCUT2D eigenvalue weighted by atomic mass is 16.4. The van der Waals surface area contributed by atoms with E-state index in [0.717, 1.165) is 17.5 Å². The van der Waals surface area contributed by atoms with Crippen molar-refractivity contribution in [2.45, 2.75) is 38.6 Å². The highest BCUT2D eigenvalue weighted by Crippen LogP contribution is 2.30. The second-order valence-electron chi connectivity index (χ2n) is 7.74. The summed E-state index contributed by atoms with van der Waals surface area (Å²) in [4.78, 5) is 32.8. The predicted octanol–water partition coefficient (Wildman–Crippen LogP) is 2.76. The topological polar surface area (TPSA) is 86.9 Å². The lowest BCUT2D eigenvalue weighted by molar-refractivity contribution is -0.155. The molecule has 7 heteroatoms. The minimum atomic E-state index is -0.890. The lowest BCUT2D eigenvalue weighted by Gasteiger charge is -2.39. The van der Waals surface area contributed by atoms with E-state index in [1.165, 1.54) is 0 Å². The van der Waals surface area contributed by atoms with Gasteiger partial charge in [-0.25, -0.2) is 4.79 Å². The Labute approximate surface area is 157 Å². The Morgan fingerprint density at radius 3 is 2.59 bits per heavy atom. The van der Waals surface area contributed by atoms with Gasteiger partial charge in [0.25, 0.3) is 6.01 Å². The molecule has 3 heterocycles. The Hall–Kier alpha value is -2.57. The van der Waals surface area contributed by atoms with Gasteiger partial charge in [-0.2, -0.15) is 4.98 Å². The van der Waals surface area contributed by atoms with Crippen molar-refractivity contribution in [2.75, 3.05) is 24.5 Å². The summed E-state index contributed by atoms with van der Waals surface area (Å²) in [6.45, 7) is 3.97. The quantitative estimate of drug-likeness (QED) is 0.893. The fourth-order valence-corrected chi connectivity index (χ4v) is 4.19. The Morgan fingerprint density at radius 2 is 1.89 bits per heavy atom. The van der Waals surface area contributed by atoms with Gasteiger partial charge < -0.3 is 19.3 Å². The summed E-state index contributed by atoms with van der Waals surface area (Å²) in [5.74, 6) is -0.678. The number of aliphatic carboxylic acids is 1. The molecule has 2 aromatic rings. The van der Waals surface area contributed by atoms with Gasteiger partial charge in [-0.15, -0.1) is 0 Å². The van der Waals surface area contributed by atoms with Gasteiger partial charge in [0.1, 0.15) is 11.6 Å². The molecule has 0 radical (unpaired) electrons. The minimum absolute atomic E-state index is 0.00786. The van der Waals surface area contributed by atoms with Crippen LogP contribution >= 0.6 is 0 Å². The predicted molar refractivity (Wildman–Crippen MR) is 100 cm³/mol. The average Bonchev–Trinajstić information content (AvgIpc) is 3.11. The molecule has 144 valence electrons. The van der Waals surface area contributed by atoms with Crippen LogP contribution in [0.25, 0.3) is 11.1 Å². The zero-order valence-electron chi connectivity index (χ0n) is 15.5. The number of carbonyl (C=O) groups is 2. The molecule has 1 aromatic heterocycles. The number of oxazole rings is 1. The number of carbonyl (C=O) groups excluding carboxylic acids is 1. The third-order valence-electron chi connectivity index (χ3n) is 5.83. The van der Waals surface area contributed by atoms with Crippen LogP contribution in [0.4, 0.5) is 6.01 Å². The standard InChI is InChI=1S/C20H25N3O4/c1-13-6-11-23(16(12-13)19(25)26)18(24)14-7-9-22(10-8-14)20-21-15-4-2-3-5-17(15)27-20/h2-5,13-14,16H,6-12H2,1H3,(H,25,26). The molecule has 7 nitrogen and oxygen atoms in total. The van der Waals surface area contributed by atoms with Crippen LogP contribution in [0.5, 0.6) is 0 Å². The first kappa shape index (κ1) is 17.8. The maximum Gasteiger partial charge on any atom is 0.326 e. The number of amides is 1. The van der Waals surface area contributed by atoms with Crippen molar-refractivity contribution in [2.24, 2.45) is 11.8 Å². The summed E-state index contributed by atoms with van der Waals surface area (Å²) in [5, 5.41) is 9.51. The molecule has 2 aliphatic heterocycles. The van der Waals surface area contributed by atoms with Crippen molar-refractivity contribution in [3.63, 3.8) is 0 Å². The van der Waals surface area contributed by atoms with Crippen LogP contribution in [-0.2, 0) is 9.59 Å². The second kappa shape index (κ2) is 7.21. The molecular formula is C20H25N3O4. The number of benzene rings is 1. The number of hydrogen-bond acceptors (Lipinski definition) is 5. The van der Waals surface area contributed by atoms with E-state index in [1.54, 1.807) is 4.90 Å². The van der Waals surface area contributed by atoms with Gasteiger partial charge in [0.2, 0.25) is 5.91 Å². The maximum atomic E-state index is 13.0. The van der Waals surface area contributed by atoms with E-state index < -0.39 is 12.0 Å². The molecule has 0 bridgehead atoms. The van der Waals surface area contributed by atoms with Gasteiger partial charge in [0.15, 0.2) is 5.58 Å². The molecule has 2 atom stereocenters. The van der Waals surface area contributed by atoms with E-state index in [0.29, 0.717) is 50.8 Å². The summed E-state index contributed by atoms with van der Waals surface area (Å²) in [6, 6.07) is 7.57. The van der Waals surface area contributed by atoms with Crippen LogP contribution in [0.3, 0.4) is 0 Å². The number of anilines is 1. The van der Waals surface area contributed by atoms with E-state index >= 15 is 0 Å². The number of para-hydroxylation sites is 2. The van der Waals surface area contributed by atoms with E-state index in [2.05, 4.69) is 16.8 Å². The molecule has 1 amide bonds. The first-order valence-corrected chi connectivity index (χ1v) is 9.66. The number of nitrogens with zero attached hydrogens (tertiary/aromatic N) is 3. The summed E-state index contributed by atoms with van der Waals surface area (Å²) in [6.07, 6.45) is 2.80. The first-order chi connectivity index (χ1) is 13.0. The third-order valence-corrected chi connectivity index (χ3v) is 5.83. The maximum absolute atomic E-state index is 13.0. The zero-order valence-corrected chi connectivity index (χ0v) is 15.5. The monoisotopic (exact) mass is 371 g/mol. The van der Waals surface area contributed by atoms with Gasteiger partial charge in [-0.1, -0.05) is 19.1 Å². The average molecular weight is 371 g/mol. The number of fused-ring (bicyclic) bond motifs is 1. The summed E-state index contributed by atoms with van der Waals surface area (Å²) in [7, 11) is 0. The second-order valence-corrected chi connectivity index (χ2v) is 7.74. The largest absolute Gasteiger partial charge is 0.480 e. The minimum Gasteiger partial charge on any atom is -0.480 e. The first-order valence-electron chi connectivity index (χ1n) is 9.66. The van der Waals surface area contributed by atoms with Crippen LogP contribution in [0, 0.1) is 11.8 Å². The summed E-state index contributed by atoms with van der Waals surface area (Å²) in [5.41, 5.74) is 1.59. The smallest absolute Gasteiger partial charge is 0.326 e. The van der Waals surface area contributed by atoms with E-state index in [1.807, 2.05) is 24.3 Å². The molecule has 1 aromatic carbocycles. The Bertz CT molecular complexity index is 808. The van der Waals surface area contributed by atoms with Gasteiger partial charge in [0.05, 0.1) is 0 Å². The SMILES string of the molecule is CC1CCN(C(=O)C2CCN(c3nc4ccccc4o3)CC2)C(C(=O)O)C1. The van der Waals surface area contributed by atoms with Crippen molar-refractivity contribution in [3.05, 3.63) is 24.3 Å². The number of carboxylic acid groups (broad SMARTS) is 1. The zero-order chi connectivity index (χ0) is 19.0. The molecule has 0 spiro atoms. The van der Waals surface area contributed by atoms with Crippen molar-refractivity contribution in [1.82, 2.24) is 9.88 Å². The Morgan fingerprint density at radius 1 is 1.15 bits per heavy atom. The van der Waals surface area contributed by atoms with Crippen molar-refractivity contribution in [3.8, 4) is 0 Å². The molecule has 1 N–H and O–H groups in total. The number of hydrogen-bond donors (Lipinski definition) is 1. The number of likely N-dealkylation sites (tertiary alicyclic amines) is 1. The van der Waals surface area contributed by atoms with Crippen molar-refractivity contribution < 1.29 is 19.1 Å².